The second-order valence-electron chi connectivity index (χ2n) is 5.75. The Labute approximate surface area is 113 Å². The van der Waals surface area contributed by atoms with Gasteiger partial charge >= 0.3 is 0 Å². The topological polar surface area (TPSA) is 0 Å². The van der Waals surface area contributed by atoms with Crippen LogP contribution in [0.25, 0.3) is 12.2 Å². The predicted molar refractivity (Wildman–Crippen MR) is 80.1 cm³/mol. The average molecular weight is 246 g/mol. The van der Waals surface area contributed by atoms with Crippen LogP contribution in [0.2, 0.25) is 0 Å². The van der Waals surface area contributed by atoms with Gasteiger partial charge in [-0.25, -0.2) is 0 Å². The summed E-state index contributed by atoms with van der Waals surface area (Å²) in [6.45, 7) is 2.18. The van der Waals surface area contributed by atoms with Crippen LogP contribution in [0.5, 0.6) is 0 Å². The van der Waals surface area contributed by atoms with Crippen LogP contribution in [-0.4, -0.2) is 0 Å². The minimum atomic E-state index is 1.10. The molecule has 0 heteroatoms. The first-order chi connectivity index (χ1) is 9.33. The van der Waals surface area contributed by atoms with Crippen LogP contribution in [0.15, 0.2) is 30.3 Å². The minimum Gasteiger partial charge on any atom is -0.0770 e. The van der Waals surface area contributed by atoms with Crippen LogP contribution >= 0.6 is 0 Å². The van der Waals surface area contributed by atoms with Crippen molar-refractivity contribution >= 4 is 12.2 Å². The van der Waals surface area contributed by atoms with E-state index in [9.17, 15) is 0 Å². The summed E-state index contributed by atoms with van der Waals surface area (Å²) in [7, 11) is 0. The molecule has 0 amide bonds. The smallest absolute Gasteiger partial charge is 0.00791 e. The molecular formula is C19H18. The van der Waals surface area contributed by atoms with E-state index in [4.69, 9.17) is 0 Å². The van der Waals surface area contributed by atoms with Crippen LogP contribution in [0.3, 0.4) is 0 Å². The molecule has 0 spiro atoms. The molecule has 0 unspecified atom stereocenters. The maximum atomic E-state index is 2.41. The first-order valence-electron chi connectivity index (χ1n) is 7.25. The Morgan fingerprint density at radius 2 is 1.74 bits per heavy atom. The van der Waals surface area contributed by atoms with E-state index in [1.807, 2.05) is 0 Å². The van der Waals surface area contributed by atoms with Crippen molar-refractivity contribution in [3.63, 3.8) is 0 Å². The lowest BCUT2D eigenvalue weighted by molar-refractivity contribution is 0.824. The molecule has 0 aromatic heterocycles. The summed E-state index contributed by atoms with van der Waals surface area (Å²) in [6.07, 6.45) is 9.71. The first kappa shape index (κ1) is 11.0. The van der Waals surface area contributed by atoms with Crippen molar-refractivity contribution in [2.24, 2.45) is 0 Å². The van der Waals surface area contributed by atoms with E-state index >= 15 is 0 Å². The normalized spacial score (nSPS) is 15.6. The van der Waals surface area contributed by atoms with Gasteiger partial charge in [-0.3, -0.25) is 0 Å². The van der Waals surface area contributed by atoms with Crippen molar-refractivity contribution in [2.75, 3.05) is 0 Å². The zero-order valence-electron chi connectivity index (χ0n) is 11.4. The molecule has 19 heavy (non-hydrogen) atoms. The van der Waals surface area contributed by atoms with E-state index in [0.29, 0.717) is 0 Å². The SMILES string of the molecule is Cc1ccc2c(c1)=c1ccc3c(c1CC=2)CCCC=3. The van der Waals surface area contributed by atoms with Gasteiger partial charge in [0.2, 0.25) is 0 Å². The molecule has 0 heterocycles. The minimum absolute atomic E-state index is 1.10. The molecule has 0 saturated heterocycles. The van der Waals surface area contributed by atoms with Crippen LogP contribution in [0, 0.1) is 17.4 Å². The fourth-order valence-corrected chi connectivity index (χ4v) is 3.51. The van der Waals surface area contributed by atoms with Gasteiger partial charge in [-0.05, 0) is 64.6 Å². The van der Waals surface area contributed by atoms with Crippen molar-refractivity contribution in [3.8, 4) is 0 Å². The molecule has 2 aromatic rings. The maximum Gasteiger partial charge on any atom is -0.00791 e. The quantitative estimate of drug-likeness (QED) is 0.670. The summed E-state index contributed by atoms with van der Waals surface area (Å²) in [4.78, 5) is 0. The summed E-state index contributed by atoms with van der Waals surface area (Å²) >= 11 is 0. The maximum absolute atomic E-state index is 2.41. The third-order valence-electron chi connectivity index (χ3n) is 4.49. The molecule has 0 saturated carbocycles. The molecule has 4 rings (SSSR count). The van der Waals surface area contributed by atoms with Crippen LogP contribution < -0.4 is 10.4 Å². The highest BCUT2D eigenvalue weighted by Crippen LogP contribution is 2.17. The average Bonchev–Trinajstić information content (AvgIpc) is 2.46. The number of rotatable bonds is 0. The van der Waals surface area contributed by atoms with Gasteiger partial charge in [0.1, 0.15) is 0 Å². The first-order valence-corrected chi connectivity index (χ1v) is 7.25. The lowest BCUT2D eigenvalue weighted by atomic mass is 9.89. The summed E-state index contributed by atoms with van der Waals surface area (Å²) < 4.78 is 0. The Bertz CT molecular complexity index is 869. The van der Waals surface area contributed by atoms with Crippen molar-refractivity contribution < 1.29 is 0 Å². The van der Waals surface area contributed by atoms with Gasteiger partial charge in [0.05, 0.1) is 0 Å². The van der Waals surface area contributed by atoms with E-state index in [2.05, 4.69) is 49.4 Å². The monoisotopic (exact) mass is 246 g/mol. The fraction of sp³-hybridized carbons (Fsp3) is 0.263. The molecule has 2 aliphatic rings. The van der Waals surface area contributed by atoms with Gasteiger partial charge in [0.15, 0.2) is 0 Å². The molecular weight excluding hydrogens is 228 g/mol. The Morgan fingerprint density at radius 3 is 2.68 bits per heavy atom. The van der Waals surface area contributed by atoms with Gasteiger partial charge in [-0.15, -0.1) is 0 Å². The Hall–Kier alpha value is -1.82. The Morgan fingerprint density at radius 1 is 0.842 bits per heavy atom. The van der Waals surface area contributed by atoms with Gasteiger partial charge in [-0.1, -0.05) is 48.0 Å². The standard InChI is InChI=1S/C19H18/c1-13-6-7-15-9-10-17-16-5-3-2-4-14(16)8-11-18(17)19(15)12-13/h4,6-9,11-12H,2-3,5,10H2,1H3. The number of aryl methyl sites for hydroxylation is 1. The van der Waals surface area contributed by atoms with Gasteiger partial charge in [0.25, 0.3) is 0 Å². The fourth-order valence-electron chi connectivity index (χ4n) is 3.51. The van der Waals surface area contributed by atoms with E-state index < -0.39 is 0 Å². The number of fused-ring (bicyclic) bond motifs is 4. The van der Waals surface area contributed by atoms with E-state index in [0.717, 1.165) is 6.42 Å². The molecule has 0 radical (unpaired) electrons. The number of benzene rings is 2. The highest BCUT2D eigenvalue weighted by molar-refractivity contribution is 5.47. The molecule has 2 aliphatic carbocycles. The third kappa shape index (κ3) is 1.67. The molecule has 94 valence electrons. The molecule has 0 aliphatic heterocycles. The molecule has 0 nitrogen and oxygen atoms in total. The highest BCUT2D eigenvalue weighted by atomic mass is 14.2. The van der Waals surface area contributed by atoms with Crippen LogP contribution in [0.4, 0.5) is 0 Å². The van der Waals surface area contributed by atoms with Crippen LogP contribution in [-0.2, 0) is 12.8 Å². The summed E-state index contributed by atoms with van der Waals surface area (Å²) in [5, 5.41) is 5.78. The number of hydrogen-bond acceptors (Lipinski definition) is 0. The van der Waals surface area contributed by atoms with Crippen molar-refractivity contribution in [1.82, 2.24) is 0 Å². The van der Waals surface area contributed by atoms with Gasteiger partial charge < -0.3 is 0 Å². The lowest BCUT2D eigenvalue weighted by Crippen LogP contribution is -2.19. The molecule has 0 fully saturated rings. The molecule has 0 bridgehead atoms. The second kappa shape index (κ2) is 4.09. The van der Waals surface area contributed by atoms with Crippen LogP contribution in [0.1, 0.15) is 29.5 Å². The Kier molecular flexibility index (Phi) is 2.38. The zero-order valence-corrected chi connectivity index (χ0v) is 11.4. The van der Waals surface area contributed by atoms with Gasteiger partial charge in [-0.2, -0.15) is 0 Å². The number of hydrogen-bond donors (Lipinski definition) is 0. The largest absolute Gasteiger partial charge is 0.0770 e. The predicted octanol–water partition coefficient (Wildman–Crippen LogP) is 2.74. The summed E-state index contributed by atoms with van der Waals surface area (Å²) in [5.74, 6) is 0. The lowest BCUT2D eigenvalue weighted by Gasteiger charge is -2.16. The van der Waals surface area contributed by atoms with Crippen molar-refractivity contribution in [3.05, 3.63) is 67.9 Å². The van der Waals surface area contributed by atoms with Crippen molar-refractivity contribution in [1.29, 1.82) is 0 Å². The summed E-state index contributed by atoms with van der Waals surface area (Å²) in [6, 6.07) is 11.5. The summed E-state index contributed by atoms with van der Waals surface area (Å²) in [5.41, 5.74) is 4.53. The zero-order chi connectivity index (χ0) is 12.8. The van der Waals surface area contributed by atoms with E-state index in [1.165, 1.54) is 45.7 Å². The molecule has 0 atom stereocenters. The highest BCUT2D eigenvalue weighted by Gasteiger charge is 2.11. The second-order valence-corrected chi connectivity index (χ2v) is 5.75. The molecule has 2 aromatic carbocycles. The Balaban J connectivity index is 2.23. The van der Waals surface area contributed by atoms with E-state index in [1.54, 1.807) is 11.1 Å². The van der Waals surface area contributed by atoms with Gasteiger partial charge in [0, 0.05) is 0 Å². The van der Waals surface area contributed by atoms with E-state index in [-0.39, 0.29) is 0 Å². The third-order valence-corrected chi connectivity index (χ3v) is 4.49. The molecule has 0 N–H and O–H groups in total. The van der Waals surface area contributed by atoms with Crippen molar-refractivity contribution in [2.45, 2.75) is 32.6 Å².